The zero-order valence-electron chi connectivity index (χ0n) is 13.4. The summed E-state index contributed by atoms with van der Waals surface area (Å²) in [7, 11) is -3.91. The molecule has 0 aliphatic heterocycles. The quantitative estimate of drug-likeness (QED) is 0.315. The molecule has 1 atom stereocenters. The molecule has 146 valence electrons. The standard InChI is InChI=1S/C13H11ClF3N5O4S/c1-21-9(6-18-12(21)22(23)24)7-19-20-8-2-4-10(5-3-8)27(25,26)13(16,17)11(14)15/h2-7,11,20H,1H3. The van der Waals surface area contributed by atoms with E-state index in [1.807, 2.05) is 0 Å². The number of hydrogen-bond acceptors (Lipinski definition) is 7. The third-order valence-corrected chi connectivity index (χ3v) is 5.55. The topological polar surface area (TPSA) is 119 Å². The number of nitrogens with zero attached hydrogens (tertiary/aromatic N) is 4. The Labute approximate surface area is 155 Å². The van der Waals surface area contributed by atoms with Gasteiger partial charge < -0.3 is 10.1 Å². The van der Waals surface area contributed by atoms with Crippen LogP contribution in [0.25, 0.3) is 0 Å². The molecule has 0 fully saturated rings. The van der Waals surface area contributed by atoms with Gasteiger partial charge in [0.05, 0.1) is 23.8 Å². The van der Waals surface area contributed by atoms with Crippen LogP contribution in [0.1, 0.15) is 5.69 Å². The van der Waals surface area contributed by atoms with E-state index in [4.69, 9.17) is 0 Å². The Morgan fingerprint density at radius 2 is 2.00 bits per heavy atom. The van der Waals surface area contributed by atoms with E-state index in [-0.39, 0.29) is 5.69 Å². The van der Waals surface area contributed by atoms with Gasteiger partial charge in [0, 0.05) is 0 Å². The second kappa shape index (κ2) is 7.52. The van der Waals surface area contributed by atoms with E-state index < -0.39 is 36.5 Å². The maximum Gasteiger partial charge on any atom is 0.434 e. The Bertz CT molecular complexity index is 976. The van der Waals surface area contributed by atoms with Gasteiger partial charge in [0.15, 0.2) is 5.69 Å². The van der Waals surface area contributed by atoms with E-state index in [9.17, 15) is 31.7 Å². The number of imidazole rings is 1. The van der Waals surface area contributed by atoms with Gasteiger partial charge >= 0.3 is 11.2 Å². The molecule has 1 unspecified atom stereocenters. The number of benzene rings is 1. The lowest BCUT2D eigenvalue weighted by molar-refractivity contribution is -0.396. The fourth-order valence-corrected chi connectivity index (χ4v) is 3.25. The zero-order chi connectivity index (χ0) is 20.4. The molecule has 0 radical (unpaired) electrons. The number of hydrogen-bond donors (Lipinski definition) is 1. The molecule has 1 heterocycles. The Kier molecular flexibility index (Phi) is 5.75. The van der Waals surface area contributed by atoms with Gasteiger partial charge in [0.25, 0.3) is 5.63 Å². The smallest absolute Gasteiger partial charge is 0.390 e. The number of sulfone groups is 1. The molecule has 1 aromatic carbocycles. The molecule has 0 aliphatic carbocycles. The summed E-state index contributed by atoms with van der Waals surface area (Å²) in [5, 5.41) is 9.68. The molecule has 2 aromatic rings. The maximum atomic E-state index is 13.4. The summed E-state index contributed by atoms with van der Waals surface area (Å²) >= 11 is 4.62. The molecule has 1 aromatic heterocycles. The minimum atomic E-state index is -5.31. The highest BCUT2D eigenvalue weighted by Gasteiger charge is 2.53. The lowest BCUT2D eigenvalue weighted by atomic mass is 10.3. The summed E-state index contributed by atoms with van der Waals surface area (Å²) in [5.74, 6) is -0.391. The molecule has 27 heavy (non-hydrogen) atoms. The van der Waals surface area contributed by atoms with Gasteiger partial charge in [-0.05, 0) is 29.2 Å². The van der Waals surface area contributed by atoms with Crippen LogP contribution >= 0.6 is 11.6 Å². The van der Waals surface area contributed by atoms with Gasteiger partial charge in [-0.15, -0.1) is 0 Å². The second-order valence-corrected chi connectivity index (χ2v) is 7.47. The van der Waals surface area contributed by atoms with Crippen LogP contribution in [0.15, 0.2) is 40.5 Å². The number of aromatic nitrogens is 2. The number of anilines is 1. The average Bonchev–Trinajstić information content (AvgIpc) is 2.96. The van der Waals surface area contributed by atoms with Crippen LogP contribution in [0.2, 0.25) is 0 Å². The minimum Gasteiger partial charge on any atom is -0.390 e. The van der Waals surface area contributed by atoms with Gasteiger partial charge in [-0.2, -0.15) is 13.9 Å². The molecular formula is C13H11ClF3N5O4S. The summed E-state index contributed by atoms with van der Waals surface area (Å²) in [6.07, 6.45) is 2.42. The molecule has 2 rings (SSSR count). The first-order chi connectivity index (χ1) is 12.5. The molecule has 14 heteroatoms. The predicted octanol–water partition coefficient (Wildman–Crippen LogP) is 2.68. The van der Waals surface area contributed by atoms with Gasteiger partial charge in [-0.3, -0.25) is 5.43 Å². The van der Waals surface area contributed by atoms with Gasteiger partial charge in [0.1, 0.15) is 6.20 Å². The van der Waals surface area contributed by atoms with Crippen molar-refractivity contribution in [3.05, 3.63) is 46.3 Å². The molecule has 1 N–H and O–H groups in total. The molecule has 0 spiro atoms. The van der Waals surface area contributed by atoms with Crippen molar-refractivity contribution in [3.8, 4) is 0 Å². The van der Waals surface area contributed by atoms with Crippen LogP contribution in [-0.2, 0) is 16.9 Å². The van der Waals surface area contributed by atoms with Crippen LogP contribution in [0, 0.1) is 10.1 Å². The molecule has 0 bridgehead atoms. The number of alkyl halides is 4. The number of hydrazone groups is 1. The number of rotatable bonds is 7. The number of nitrogens with one attached hydrogen (secondary N) is 1. The van der Waals surface area contributed by atoms with E-state index in [2.05, 4.69) is 27.1 Å². The molecule has 0 aliphatic rings. The maximum absolute atomic E-state index is 13.4. The first-order valence-corrected chi connectivity index (χ1v) is 8.86. The van der Waals surface area contributed by atoms with Crippen LogP contribution in [0.3, 0.4) is 0 Å². The summed E-state index contributed by atoms with van der Waals surface area (Å²) < 4.78 is 64.1. The fourth-order valence-electron chi connectivity index (χ4n) is 1.86. The van der Waals surface area contributed by atoms with Crippen molar-refractivity contribution in [2.75, 3.05) is 5.43 Å². The SMILES string of the molecule is Cn1c(C=NNc2ccc(S(=O)(=O)C(F)(F)C(F)Cl)cc2)cnc1[N+](=O)[O-]. The van der Waals surface area contributed by atoms with Crippen LogP contribution in [-0.4, -0.2) is 40.0 Å². The van der Waals surface area contributed by atoms with Gasteiger partial charge in [-0.1, -0.05) is 16.6 Å². The van der Waals surface area contributed by atoms with Crippen LogP contribution in [0.5, 0.6) is 0 Å². The van der Waals surface area contributed by atoms with E-state index in [1.54, 1.807) is 0 Å². The van der Waals surface area contributed by atoms with Gasteiger partial charge in [0.2, 0.25) is 9.84 Å². The van der Waals surface area contributed by atoms with Crippen molar-refractivity contribution in [1.82, 2.24) is 9.55 Å². The minimum absolute atomic E-state index is 0.216. The van der Waals surface area contributed by atoms with E-state index in [0.29, 0.717) is 5.69 Å². The Hall–Kier alpha value is -2.67. The van der Waals surface area contributed by atoms with E-state index in [1.165, 1.54) is 24.0 Å². The molecule has 0 saturated carbocycles. The first kappa shape index (κ1) is 20.6. The van der Waals surface area contributed by atoms with Crippen molar-refractivity contribution in [3.63, 3.8) is 0 Å². The van der Waals surface area contributed by atoms with Crippen molar-refractivity contribution in [1.29, 1.82) is 0 Å². The fraction of sp³-hybridized carbons (Fsp3) is 0.231. The number of halogens is 4. The third-order valence-electron chi connectivity index (χ3n) is 3.33. The average molecular weight is 426 g/mol. The van der Waals surface area contributed by atoms with Gasteiger partial charge in [-0.25, -0.2) is 17.4 Å². The summed E-state index contributed by atoms with van der Waals surface area (Å²) in [4.78, 5) is 12.8. The highest BCUT2D eigenvalue weighted by atomic mass is 35.5. The second-order valence-electron chi connectivity index (χ2n) is 5.06. The van der Waals surface area contributed by atoms with Crippen LogP contribution < -0.4 is 5.43 Å². The summed E-state index contributed by atoms with van der Waals surface area (Å²) in [6, 6.07) is 3.89. The monoisotopic (exact) mass is 425 g/mol. The van der Waals surface area contributed by atoms with Crippen LogP contribution in [0.4, 0.5) is 24.8 Å². The number of nitro groups is 1. The summed E-state index contributed by atoms with van der Waals surface area (Å²) in [5.41, 5.74) is -0.409. The van der Waals surface area contributed by atoms with Crippen molar-refractivity contribution < 1.29 is 26.5 Å². The normalized spacial score (nSPS) is 13.7. The highest BCUT2D eigenvalue weighted by Crippen LogP contribution is 2.35. The zero-order valence-corrected chi connectivity index (χ0v) is 15.0. The first-order valence-electron chi connectivity index (χ1n) is 6.94. The Morgan fingerprint density at radius 1 is 1.41 bits per heavy atom. The molecule has 0 amide bonds. The predicted molar refractivity (Wildman–Crippen MR) is 90.4 cm³/mol. The lowest BCUT2D eigenvalue weighted by Gasteiger charge is -2.16. The van der Waals surface area contributed by atoms with E-state index >= 15 is 0 Å². The van der Waals surface area contributed by atoms with E-state index in [0.717, 1.165) is 24.3 Å². The largest absolute Gasteiger partial charge is 0.434 e. The van der Waals surface area contributed by atoms with Crippen molar-refractivity contribution in [2.45, 2.75) is 15.8 Å². The Morgan fingerprint density at radius 3 is 2.48 bits per heavy atom. The van der Waals surface area contributed by atoms with Crippen molar-refractivity contribution >= 4 is 39.3 Å². The molecule has 9 nitrogen and oxygen atoms in total. The summed E-state index contributed by atoms with van der Waals surface area (Å²) in [6.45, 7) is 0. The third kappa shape index (κ3) is 4.03. The lowest BCUT2D eigenvalue weighted by Crippen LogP contribution is -2.35. The van der Waals surface area contributed by atoms with Crippen molar-refractivity contribution in [2.24, 2.45) is 12.1 Å². The highest BCUT2D eigenvalue weighted by molar-refractivity contribution is 7.92. The molecular weight excluding hydrogens is 415 g/mol. The Balaban J connectivity index is 2.14. The molecule has 0 saturated heterocycles.